The Morgan fingerprint density at radius 3 is 2.46 bits per heavy atom. The molecule has 1 N–H and O–H groups in total. The standard InChI is InChI=1S/C20H25NO3/c1-4-18(24-19-8-6-5-7-15(19)2)20(22)21-14-13-16-9-11-17(23-3)12-10-16/h5-12,18H,4,13-14H2,1-3H3,(H,21,22)/t18-/m0/s1. The average molecular weight is 327 g/mol. The molecule has 0 saturated heterocycles. The molecule has 0 bridgehead atoms. The van der Waals surface area contributed by atoms with Gasteiger partial charge < -0.3 is 14.8 Å². The van der Waals surface area contributed by atoms with Crippen LogP contribution in [0.2, 0.25) is 0 Å². The molecule has 0 aliphatic heterocycles. The zero-order chi connectivity index (χ0) is 17.4. The lowest BCUT2D eigenvalue weighted by Gasteiger charge is -2.18. The monoisotopic (exact) mass is 327 g/mol. The van der Waals surface area contributed by atoms with Crippen molar-refractivity contribution in [3.63, 3.8) is 0 Å². The highest BCUT2D eigenvalue weighted by Gasteiger charge is 2.18. The van der Waals surface area contributed by atoms with Gasteiger partial charge in [-0.1, -0.05) is 37.3 Å². The molecule has 0 heterocycles. The number of hydrogen-bond acceptors (Lipinski definition) is 3. The van der Waals surface area contributed by atoms with E-state index in [1.807, 2.05) is 62.4 Å². The Morgan fingerprint density at radius 2 is 1.83 bits per heavy atom. The number of nitrogens with one attached hydrogen (secondary N) is 1. The van der Waals surface area contributed by atoms with E-state index in [-0.39, 0.29) is 5.91 Å². The van der Waals surface area contributed by atoms with Crippen LogP contribution in [0.3, 0.4) is 0 Å². The van der Waals surface area contributed by atoms with Crippen molar-refractivity contribution >= 4 is 5.91 Å². The Bertz CT molecular complexity index is 652. The van der Waals surface area contributed by atoms with Gasteiger partial charge in [-0.2, -0.15) is 0 Å². The molecule has 0 aliphatic carbocycles. The highest BCUT2D eigenvalue weighted by atomic mass is 16.5. The van der Waals surface area contributed by atoms with E-state index in [9.17, 15) is 4.79 Å². The highest BCUT2D eigenvalue weighted by Crippen LogP contribution is 2.19. The van der Waals surface area contributed by atoms with E-state index in [0.717, 1.165) is 29.0 Å². The van der Waals surface area contributed by atoms with Crippen molar-refractivity contribution in [2.75, 3.05) is 13.7 Å². The molecule has 4 nitrogen and oxygen atoms in total. The molecular formula is C20H25NO3. The van der Waals surface area contributed by atoms with E-state index < -0.39 is 6.10 Å². The number of rotatable bonds is 8. The van der Waals surface area contributed by atoms with Crippen molar-refractivity contribution in [1.82, 2.24) is 5.32 Å². The van der Waals surface area contributed by atoms with Crippen LogP contribution in [0, 0.1) is 6.92 Å². The summed E-state index contributed by atoms with van der Waals surface area (Å²) >= 11 is 0. The molecule has 128 valence electrons. The average Bonchev–Trinajstić information content (AvgIpc) is 2.61. The Balaban J connectivity index is 1.84. The molecule has 24 heavy (non-hydrogen) atoms. The Morgan fingerprint density at radius 1 is 1.12 bits per heavy atom. The van der Waals surface area contributed by atoms with Gasteiger partial charge in [0.2, 0.25) is 0 Å². The zero-order valence-electron chi connectivity index (χ0n) is 14.5. The van der Waals surface area contributed by atoms with Gasteiger partial charge in [0.1, 0.15) is 11.5 Å². The van der Waals surface area contributed by atoms with E-state index >= 15 is 0 Å². The van der Waals surface area contributed by atoms with Crippen molar-refractivity contribution in [2.45, 2.75) is 32.8 Å². The number of carbonyl (C=O) groups excluding carboxylic acids is 1. The van der Waals surface area contributed by atoms with Crippen LogP contribution in [-0.4, -0.2) is 25.7 Å². The lowest BCUT2D eigenvalue weighted by molar-refractivity contribution is -0.128. The largest absolute Gasteiger partial charge is 0.497 e. The maximum Gasteiger partial charge on any atom is 0.261 e. The summed E-state index contributed by atoms with van der Waals surface area (Å²) in [5.41, 5.74) is 2.19. The molecule has 0 aliphatic rings. The fraction of sp³-hybridized carbons (Fsp3) is 0.350. The minimum absolute atomic E-state index is 0.0748. The summed E-state index contributed by atoms with van der Waals surface area (Å²) in [6, 6.07) is 15.6. The third kappa shape index (κ3) is 5.01. The lowest BCUT2D eigenvalue weighted by atomic mass is 10.1. The number of methoxy groups -OCH3 is 1. The van der Waals surface area contributed by atoms with Crippen LogP contribution in [0.5, 0.6) is 11.5 Å². The van der Waals surface area contributed by atoms with Crippen LogP contribution in [-0.2, 0) is 11.2 Å². The van der Waals surface area contributed by atoms with Gasteiger partial charge in [0.25, 0.3) is 5.91 Å². The van der Waals surface area contributed by atoms with Crippen LogP contribution in [0.15, 0.2) is 48.5 Å². The van der Waals surface area contributed by atoms with Crippen LogP contribution in [0.4, 0.5) is 0 Å². The quantitative estimate of drug-likeness (QED) is 0.807. The van der Waals surface area contributed by atoms with Crippen LogP contribution in [0.25, 0.3) is 0 Å². The number of benzene rings is 2. The van der Waals surface area contributed by atoms with Gasteiger partial charge in [-0.05, 0) is 49.1 Å². The molecule has 1 amide bonds. The first kappa shape index (κ1) is 17.9. The topological polar surface area (TPSA) is 47.6 Å². The van der Waals surface area contributed by atoms with E-state index in [1.165, 1.54) is 0 Å². The smallest absolute Gasteiger partial charge is 0.261 e. The van der Waals surface area contributed by atoms with Gasteiger partial charge >= 0.3 is 0 Å². The maximum absolute atomic E-state index is 12.3. The van der Waals surface area contributed by atoms with E-state index in [2.05, 4.69) is 5.32 Å². The number of aryl methyl sites for hydroxylation is 1. The molecule has 0 saturated carbocycles. The van der Waals surface area contributed by atoms with Gasteiger partial charge in [-0.25, -0.2) is 0 Å². The van der Waals surface area contributed by atoms with Gasteiger partial charge in [-0.15, -0.1) is 0 Å². The second kappa shape index (κ2) is 8.96. The molecule has 0 fully saturated rings. The number of hydrogen-bond donors (Lipinski definition) is 1. The second-order valence-corrected chi connectivity index (χ2v) is 5.67. The summed E-state index contributed by atoms with van der Waals surface area (Å²) in [6.45, 7) is 4.51. The molecule has 2 aromatic carbocycles. The predicted octanol–water partition coefficient (Wildman–Crippen LogP) is 3.52. The Labute approximate surface area is 143 Å². The third-order valence-corrected chi connectivity index (χ3v) is 3.90. The van der Waals surface area contributed by atoms with Crippen molar-refractivity contribution in [1.29, 1.82) is 0 Å². The van der Waals surface area contributed by atoms with Gasteiger partial charge in [0.15, 0.2) is 6.10 Å². The minimum Gasteiger partial charge on any atom is -0.497 e. The van der Waals surface area contributed by atoms with Crippen molar-refractivity contribution in [2.24, 2.45) is 0 Å². The fourth-order valence-electron chi connectivity index (χ4n) is 2.40. The molecule has 0 unspecified atom stereocenters. The van der Waals surface area contributed by atoms with Crippen molar-refractivity contribution in [3.8, 4) is 11.5 Å². The van der Waals surface area contributed by atoms with E-state index in [4.69, 9.17) is 9.47 Å². The lowest BCUT2D eigenvalue weighted by Crippen LogP contribution is -2.39. The first-order valence-corrected chi connectivity index (χ1v) is 8.27. The summed E-state index contributed by atoms with van der Waals surface area (Å²) in [5, 5.41) is 2.96. The van der Waals surface area contributed by atoms with Gasteiger partial charge in [0.05, 0.1) is 7.11 Å². The van der Waals surface area contributed by atoms with Crippen LogP contribution < -0.4 is 14.8 Å². The Hall–Kier alpha value is -2.49. The summed E-state index contributed by atoms with van der Waals surface area (Å²) < 4.78 is 11.0. The predicted molar refractivity (Wildman–Crippen MR) is 95.6 cm³/mol. The van der Waals surface area contributed by atoms with Crippen molar-refractivity contribution < 1.29 is 14.3 Å². The molecule has 0 aromatic heterocycles. The molecule has 0 spiro atoms. The van der Waals surface area contributed by atoms with Gasteiger partial charge in [0, 0.05) is 6.54 Å². The summed E-state index contributed by atoms with van der Waals surface area (Å²) in [7, 11) is 1.65. The number of carbonyl (C=O) groups is 1. The minimum atomic E-state index is -0.470. The fourth-order valence-corrected chi connectivity index (χ4v) is 2.40. The van der Waals surface area contributed by atoms with E-state index in [1.54, 1.807) is 7.11 Å². The highest BCUT2D eigenvalue weighted by molar-refractivity contribution is 5.81. The molecule has 2 rings (SSSR count). The van der Waals surface area contributed by atoms with Crippen LogP contribution >= 0.6 is 0 Å². The first-order chi connectivity index (χ1) is 11.6. The molecule has 2 aromatic rings. The molecule has 4 heteroatoms. The second-order valence-electron chi connectivity index (χ2n) is 5.67. The number of para-hydroxylation sites is 1. The molecule has 0 radical (unpaired) electrons. The van der Waals surface area contributed by atoms with Gasteiger partial charge in [-0.3, -0.25) is 4.79 Å². The first-order valence-electron chi connectivity index (χ1n) is 8.27. The summed E-state index contributed by atoms with van der Waals surface area (Å²) in [4.78, 5) is 12.3. The number of amides is 1. The normalized spacial score (nSPS) is 11.6. The molecular weight excluding hydrogens is 302 g/mol. The SMILES string of the molecule is CC[C@H](Oc1ccccc1C)C(=O)NCCc1ccc(OC)cc1. The zero-order valence-corrected chi connectivity index (χ0v) is 14.5. The third-order valence-electron chi connectivity index (χ3n) is 3.90. The Kier molecular flexibility index (Phi) is 6.67. The maximum atomic E-state index is 12.3. The van der Waals surface area contributed by atoms with Crippen LogP contribution in [0.1, 0.15) is 24.5 Å². The summed E-state index contributed by atoms with van der Waals surface area (Å²) in [6.07, 6.45) is 0.932. The molecule has 1 atom stereocenters. The van der Waals surface area contributed by atoms with E-state index in [0.29, 0.717) is 13.0 Å². The summed E-state index contributed by atoms with van der Waals surface area (Å²) in [5.74, 6) is 1.52. The number of ether oxygens (including phenoxy) is 2. The van der Waals surface area contributed by atoms with Crippen molar-refractivity contribution in [3.05, 3.63) is 59.7 Å².